The molecule has 3 atom stereocenters. The summed E-state index contributed by atoms with van der Waals surface area (Å²) in [6, 6.07) is 9.28. The molecule has 3 nitrogen and oxygen atoms in total. The zero-order valence-corrected chi connectivity index (χ0v) is 13.9. The molecule has 0 bridgehead atoms. The third-order valence-electron chi connectivity index (χ3n) is 4.12. The summed E-state index contributed by atoms with van der Waals surface area (Å²) in [5, 5.41) is 3.68. The fourth-order valence-electron chi connectivity index (χ4n) is 3.24. The molecule has 118 valence electrons. The van der Waals surface area contributed by atoms with Gasteiger partial charge in [-0.15, -0.1) is 0 Å². The van der Waals surface area contributed by atoms with Crippen LogP contribution >= 0.6 is 0 Å². The number of hydrogen-bond donors (Lipinski definition) is 1. The Hall–Kier alpha value is -1.06. The van der Waals surface area contributed by atoms with Crippen molar-refractivity contribution >= 4 is 5.69 Å². The Morgan fingerprint density at radius 2 is 1.86 bits per heavy atom. The molecule has 0 saturated carbocycles. The van der Waals surface area contributed by atoms with Crippen molar-refractivity contribution in [3.8, 4) is 0 Å². The lowest BCUT2D eigenvalue weighted by molar-refractivity contribution is -0.00528. The Morgan fingerprint density at radius 1 is 1.19 bits per heavy atom. The van der Waals surface area contributed by atoms with Gasteiger partial charge in [-0.1, -0.05) is 32.0 Å². The number of nitrogens with zero attached hydrogens (tertiary/aromatic N) is 1. The van der Waals surface area contributed by atoms with Gasteiger partial charge in [0.15, 0.2) is 0 Å². The van der Waals surface area contributed by atoms with Crippen molar-refractivity contribution in [1.82, 2.24) is 5.32 Å². The van der Waals surface area contributed by atoms with E-state index >= 15 is 0 Å². The van der Waals surface area contributed by atoms with Crippen molar-refractivity contribution in [3.05, 3.63) is 29.8 Å². The molecule has 1 aromatic carbocycles. The standard InChI is InChI=1S/C18H30N2O/c1-5-11-19-17(6-2)16-9-7-8-10-18(16)20-12-14(3)21-15(4)13-20/h7-10,14-15,17,19H,5-6,11-13H2,1-4H3/t14-,15+,17?. The summed E-state index contributed by atoms with van der Waals surface area (Å²) in [6.45, 7) is 11.8. The van der Waals surface area contributed by atoms with Gasteiger partial charge in [0, 0.05) is 24.8 Å². The molecule has 1 aliphatic heterocycles. The van der Waals surface area contributed by atoms with Crippen LogP contribution in [0.5, 0.6) is 0 Å². The van der Waals surface area contributed by atoms with E-state index in [1.807, 2.05) is 0 Å². The number of hydrogen-bond acceptors (Lipinski definition) is 3. The van der Waals surface area contributed by atoms with E-state index in [1.54, 1.807) is 0 Å². The molecule has 1 heterocycles. The van der Waals surface area contributed by atoms with Crippen LogP contribution in [0.15, 0.2) is 24.3 Å². The molecule has 2 rings (SSSR count). The van der Waals surface area contributed by atoms with Gasteiger partial charge in [0.25, 0.3) is 0 Å². The Bertz CT molecular complexity index is 425. The summed E-state index contributed by atoms with van der Waals surface area (Å²) < 4.78 is 5.87. The Balaban J connectivity index is 2.22. The third-order valence-corrected chi connectivity index (χ3v) is 4.12. The lowest BCUT2D eigenvalue weighted by Crippen LogP contribution is -2.46. The average molecular weight is 290 g/mol. The zero-order chi connectivity index (χ0) is 15.2. The number of benzene rings is 1. The number of rotatable bonds is 6. The highest BCUT2D eigenvalue weighted by atomic mass is 16.5. The van der Waals surface area contributed by atoms with Crippen LogP contribution in [0.1, 0.15) is 52.1 Å². The number of para-hydroxylation sites is 1. The van der Waals surface area contributed by atoms with E-state index in [9.17, 15) is 0 Å². The van der Waals surface area contributed by atoms with E-state index in [-0.39, 0.29) is 0 Å². The maximum atomic E-state index is 5.87. The number of ether oxygens (including phenoxy) is 1. The van der Waals surface area contributed by atoms with Gasteiger partial charge in [0.1, 0.15) is 0 Å². The summed E-state index contributed by atoms with van der Waals surface area (Å²) in [6.07, 6.45) is 2.88. The molecular formula is C18H30N2O. The van der Waals surface area contributed by atoms with Crippen LogP contribution in [0.3, 0.4) is 0 Å². The SMILES string of the molecule is CCCNC(CC)c1ccccc1N1C[C@@H](C)O[C@@H](C)C1. The first-order valence-electron chi connectivity index (χ1n) is 8.38. The molecule has 21 heavy (non-hydrogen) atoms. The molecule has 1 aliphatic rings. The fraction of sp³-hybridized carbons (Fsp3) is 0.667. The van der Waals surface area contributed by atoms with Gasteiger partial charge >= 0.3 is 0 Å². The van der Waals surface area contributed by atoms with Crippen molar-refractivity contribution in [1.29, 1.82) is 0 Å². The average Bonchev–Trinajstić information content (AvgIpc) is 2.47. The van der Waals surface area contributed by atoms with E-state index in [0.29, 0.717) is 18.2 Å². The van der Waals surface area contributed by atoms with Gasteiger partial charge in [0.05, 0.1) is 12.2 Å². The van der Waals surface area contributed by atoms with Crippen molar-refractivity contribution in [2.45, 2.75) is 58.8 Å². The molecule has 0 aliphatic carbocycles. The predicted octanol–water partition coefficient (Wildman–Crippen LogP) is 3.75. The van der Waals surface area contributed by atoms with Crippen LogP contribution in [0.2, 0.25) is 0 Å². The second kappa shape index (κ2) is 7.81. The normalized spacial score (nSPS) is 24.1. The van der Waals surface area contributed by atoms with E-state index in [1.165, 1.54) is 17.7 Å². The van der Waals surface area contributed by atoms with Gasteiger partial charge in [-0.2, -0.15) is 0 Å². The van der Waals surface area contributed by atoms with Crippen LogP contribution < -0.4 is 10.2 Å². The topological polar surface area (TPSA) is 24.5 Å². The predicted molar refractivity (Wildman–Crippen MR) is 90.0 cm³/mol. The first-order chi connectivity index (χ1) is 10.2. The minimum Gasteiger partial charge on any atom is -0.372 e. The van der Waals surface area contributed by atoms with Crippen molar-refractivity contribution in [2.24, 2.45) is 0 Å². The van der Waals surface area contributed by atoms with Crippen LogP contribution in [0.25, 0.3) is 0 Å². The Labute approximate surface area is 129 Å². The molecule has 0 radical (unpaired) electrons. The summed E-state index contributed by atoms with van der Waals surface area (Å²) in [5.41, 5.74) is 2.80. The number of anilines is 1. The maximum absolute atomic E-state index is 5.87. The van der Waals surface area contributed by atoms with Crippen LogP contribution in [0, 0.1) is 0 Å². The van der Waals surface area contributed by atoms with Gasteiger partial charge < -0.3 is 15.0 Å². The lowest BCUT2D eigenvalue weighted by Gasteiger charge is -2.38. The smallest absolute Gasteiger partial charge is 0.0726 e. The fourth-order valence-corrected chi connectivity index (χ4v) is 3.24. The van der Waals surface area contributed by atoms with E-state index in [2.05, 4.69) is 62.2 Å². The number of nitrogens with one attached hydrogen (secondary N) is 1. The summed E-state index contributed by atoms with van der Waals surface area (Å²) in [4.78, 5) is 2.49. The van der Waals surface area contributed by atoms with Gasteiger partial charge in [0.2, 0.25) is 0 Å². The second-order valence-electron chi connectivity index (χ2n) is 6.14. The summed E-state index contributed by atoms with van der Waals surface area (Å²) in [7, 11) is 0. The molecule has 1 aromatic rings. The first-order valence-corrected chi connectivity index (χ1v) is 8.38. The quantitative estimate of drug-likeness (QED) is 0.863. The molecule has 1 N–H and O–H groups in total. The van der Waals surface area contributed by atoms with E-state index < -0.39 is 0 Å². The van der Waals surface area contributed by atoms with Crippen molar-refractivity contribution in [3.63, 3.8) is 0 Å². The minimum absolute atomic E-state index is 0.297. The van der Waals surface area contributed by atoms with Crippen LogP contribution in [-0.2, 0) is 4.74 Å². The largest absolute Gasteiger partial charge is 0.372 e. The zero-order valence-electron chi connectivity index (χ0n) is 13.9. The Kier molecular flexibility index (Phi) is 6.07. The molecular weight excluding hydrogens is 260 g/mol. The maximum Gasteiger partial charge on any atom is 0.0726 e. The molecule has 1 unspecified atom stereocenters. The lowest BCUT2D eigenvalue weighted by atomic mass is 10.0. The van der Waals surface area contributed by atoms with Crippen LogP contribution in [0.4, 0.5) is 5.69 Å². The summed E-state index contributed by atoms with van der Waals surface area (Å²) >= 11 is 0. The third kappa shape index (κ3) is 4.21. The molecule has 0 spiro atoms. The minimum atomic E-state index is 0.297. The monoisotopic (exact) mass is 290 g/mol. The highest BCUT2D eigenvalue weighted by molar-refractivity contribution is 5.55. The molecule has 0 aromatic heterocycles. The van der Waals surface area contributed by atoms with E-state index in [4.69, 9.17) is 4.74 Å². The van der Waals surface area contributed by atoms with Gasteiger partial charge in [-0.25, -0.2) is 0 Å². The molecule has 0 amide bonds. The van der Waals surface area contributed by atoms with Gasteiger partial charge in [-0.05, 0) is 44.9 Å². The van der Waals surface area contributed by atoms with Crippen molar-refractivity contribution in [2.75, 3.05) is 24.5 Å². The van der Waals surface area contributed by atoms with E-state index in [0.717, 1.165) is 26.1 Å². The van der Waals surface area contributed by atoms with Crippen LogP contribution in [-0.4, -0.2) is 31.8 Å². The Morgan fingerprint density at radius 3 is 2.48 bits per heavy atom. The van der Waals surface area contributed by atoms with Gasteiger partial charge in [-0.3, -0.25) is 0 Å². The molecule has 1 fully saturated rings. The van der Waals surface area contributed by atoms with Crippen molar-refractivity contribution < 1.29 is 4.74 Å². The second-order valence-corrected chi connectivity index (χ2v) is 6.14. The summed E-state index contributed by atoms with van der Waals surface area (Å²) in [5.74, 6) is 0. The molecule has 1 saturated heterocycles. The number of morpholine rings is 1. The highest BCUT2D eigenvalue weighted by Gasteiger charge is 2.25. The molecule has 3 heteroatoms. The first kappa shape index (κ1) is 16.3. The highest BCUT2D eigenvalue weighted by Crippen LogP contribution is 2.30.